The van der Waals surface area contributed by atoms with E-state index in [0.717, 1.165) is 0 Å². The number of amides is 1. The summed E-state index contributed by atoms with van der Waals surface area (Å²) >= 11 is 7.60. The second-order valence-corrected chi connectivity index (χ2v) is 8.33. The smallest absolute Gasteiger partial charge is 0.266 e. The molecule has 0 aliphatic heterocycles. The van der Waals surface area contributed by atoms with Gasteiger partial charge in [0.05, 0.1) is 26.9 Å². The zero-order chi connectivity index (χ0) is 21.1. The number of benzene rings is 3. The molecule has 1 aromatic heterocycles. The molecule has 5 nitrogen and oxygen atoms in total. The second kappa shape index (κ2) is 8.73. The second-order valence-electron chi connectivity index (χ2n) is 6.62. The van der Waals surface area contributed by atoms with E-state index in [9.17, 15) is 9.59 Å². The number of carbonyl (C=O) groups is 1. The number of hydrogen-bond acceptors (Lipinski definition) is 4. The SMILES string of the molecule is C[C@H](Sc1nc2ccccc2c(=O)n1-c1ccccc1Cl)C(=O)Nc1ccccc1. The molecule has 0 aliphatic carbocycles. The van der Waals surface area contributed by atoms with Crippen LogP contribution in [0.2, 0.25) is 5.02 Å². The van der Waals surface area contributed by atoms with Crippen LogP contribution in [0.25, 0.3) is 16.6 Å². The quantitative estimate of drug-likeness (QED) is 0.347. The highest BCUT2D eigenvalue weighted by Gasteiger charge is 2.21. The topological polar surface area (TPSA) is 64.0 Å². The Morgan fingerprint density at radius 1 is 1.00 bits per heavy atom. The van der Waals surface area contributed by atoms with Gasteiger partial charge < -0.3 is 5.32 Å². The first kappa shape index (κ1) is 20.2. The molecule has 0 saturated carbocycles. The molecule has 0 spiro atoms. The van der Waals surface area contributed by atoms with Gasteiger partial charge >= 0.3 is 0 Å². The van der Waals surface area contributed by atoms with Crippen LogP contribution < -0.4 is 10.9 Å². The summed E-state index contributed by atoms with van der Waals surface area (Å²) in [6.45, 7) is 1.78. The normalized spacial score (nSPS) is 11.9. The fraction of sp³-hybridized carbons (Fsp3) is 0.0870. The lowest BCUT2D eigenvalue weighted by Crippen LogP contribution is -2.26. The molecule has 4 rings (SSSR count). The maximum atomic E-state index is 13.3. The molecular formula is C23H18ClN3O2S. The van der Waals surface area contributed by atoms with Crippen molar-refractivity contribution in [2.45, 2.75) is 17.3 Å². The van der Waals surface area contributed by atoms with Crippen LogP contribution in [-0.2, 0) is 4.79 Å². The van der Waals surface area contributed by atoms with Crippen molar-refractivity contribution < 1.29 is 4.79 Å². The number of halogens is 1. The Balaban J connectivity index is 1.76. The minimum Gasteiger partial charge on any atom is -0.325 e. The van der Waals surface area contributed by atoms with E-state index < -0.39 is 5.25 Å². The van der Waals surface area contributed by atoms with Gasteiger partial charge in [-0.3, -0.25) is 14.2 Å². The maximum absolute atomic E-state index is 13.3. The fourth-order valence-electron chi connectivity index (χ4n) is 3.01. The number of rotatable bonds is 5. The third kappa shape index (κ3) is 4.10. The maximum Gasteiger partial charge on any atom is 0.266 e. The molecule has 1 N–H and O–H groups in total. The first-order valence-electron chi connectivity index (χ1n) is 9.34. The van der Waals surface area contributed by atoms with Crippen molar-refractivity contribution in [2.75, 3.05) is 5.32 Å². The van der Waals surface area contributed by atoms with E-state index in [4.69, 9.17) is 11.6 Å². The number of nitrogens with one attached hydrogen (secondary N) is 1. The molecule has 0 unspecified atom stereocenters. The Bertz CT molecular complexity index is 1270. The summed E-state index contributed by atoms with van der Waals surface area (Å²) in [4.78, 5) is 30.7. The van der Waals surface area contributed by atoms with Crippen molar-refractivity contribution in [1.82, 2.24) is 9.55 Å². The van der Waals surface area contributed by atoms with Gasteiger partial charge in [0.15, 0.2) is 5.16 Å². The van der Waals surface area contributed by atoms with Crippen LogP contribution in [0.5, 0.6) is 0 Å². The Morgan fingerprint density at radius 2 is 1.67 bits per heavy atom. The summed E-state index contributed by atoms with van der Waals surface area (Å²) in [5.74, 6) is -0.181. The van der Waals surface area contributed by atoms with E-state index >= 15 is 0 Å². The Hall–Kier alpha value is -3.09. The third-order valence-corrected chi connectivity index (χ3v) is 5.90. The molecule has 30 heavy (non-hydrogen) atoms. The molecule has 7 heteroatoms. The average Bonchev–Trinajstić information content (AvgIpc) is 2.75. The molecule has 150 valence electrons. The number of anilines is 1. The molecule has 0 saturated heterocycles. The monoisotopic (exact) mass is 435 g/mol. The van der Waals surface area contributed by atoms with Crippen molar-refractivity contribution in [3.05, 3.63) is 94.2 Å². The summed E-state index contributed by atoms with van der Waals surface area (Å²) in [5, 5.41) is 3.71. The minimum atomic E-state index is -0.494. The van der Waals surface area contributed by atoms with Gasteiger partial charge in [-0.05, 0) is 43.3 Å². The van der Waals surface area contributed by atoms with E-state index in [-0.39, 0.29) is 11.5 Å². The number of carbonyl (C=O) groups excluding carboxylic acids is 1. The van der Waals surface area contributed by atoms with Crippen LogP contribution in [0.4, 0.5) is 5.69 Å². The van der Waals surface area contributed by atoms with E-state index in [1.165, 1.54) is 16.3 Å². The largest absolute Gasteiger partial charge is 0.325 e. The molecule has 1 atom stereocenters. The van der Waals surface area contributed by atoms with Crippen molar-refractivity contribution >= 4 is 45.9 Å². The lowest BCUT2D eigenvalue weighted by molar-refractivity contribution is -0.115. The van der Waals surface area contributed by atoms with Crippen LogP contribution in [-0.4, -0.2) is 20.7 Å². The number of aromatic nitrogens is 2. The third-order valence-electron chi connectivity index (χ3n) is 4.53. The van der Waals surface area contributed by atoms with E-state index in [1.54, 1.807) is 43.3 Å². The molecule has 0 fully saturated rings. The van der Waals surface area contributed by atoms with Crippen molar-refractivity contribution in [3.8, 4) is 5.69 Å². The van der Waals surface area contributed by atoms with Crippen LogP contribution in [0.1, 0.15) is 6.92 Å². The lowest BCUT2D eigenvalue weighted by Gasteiger charge is -2.17. The van der Waals surface area contributed by atoms with Crippen LogP contribution in [0.15, 0.2) is 88.8 Å². The molecule has 0 radical (unpaired) electrons. The fourth-order valence-corrected chi connectivity index (χ4v) is 4.15. The molecule has 1 amide bonds. The molecule has 0 bridgehead atoms. The number of hydrogen-bond donors (Lipinski definition) is 1. The van der Waals surface area contributed by atoms with Gasteiger partial charge in [-0.15, -0.1) is 0 Å². The van der Waals surface area contributed by atoms with E-state index in [0.29, 0.717) is 32.5 Å². The summed E-state index contributed by atoms with van der Waals surface area (Å²) < 4.78 is 1.47. The highest BCUT2D eigenvalue weighted by atomic mass is 35.5. The molecule has 0 aliphatic rings. The zero-order valence-electron chi connectivity index (χ0n) is 16.1. The summed E-state index contributed by atoms with van der Waals surface area (Å²) in [5.41, 5.74) is 1.58. The molecular weight excluding hydrogens is 418 g/mol. The standard InChI is InChI=1S/C23H18ClN3O2S/c1-15(21(28)25-16-9-3-2-4-10-16)30-23-26-19-13-7-5-11-17(19)22(29)27(23)20-14-8-6-12-18(20)24/h2-15H,1H3,(H,25,28)/t15-/m0/s1. The Kier molecular flexibility index (Phi) is 5.88. The number of thioether (sulfide) groups is 1. The minimum absolute atomic E-state index is 0.181. The highest BCUT2D eigenvalue weighted by molar-refractivity contribution is 8.00. The summed E-state index contributed by atoms with van der Waals surface area (Å²) in [6.07, 6.45) is 0. The first-order valence-corrected chi connectivity index (χ1v) is 10.6. The summed E-state index contributed by atoms with van der Waals surface area (Å²) in [6, 6.07) is 23.5. The number of nitrogens with zero attached hydrogens (tertiary/aromatic N) is 2. The number of fused-ring (bicyclic) bond motifs is 1. The Morgan fingerprint density at radius 3 is 2.43 bits per heavy atom. The summed E-state index contributed by atoms with van der Waals surface area (Å²) in [7, 11) is 0. The van der Waals surface area contributed by atoms with E-state index in [2.05, 4.69) is 10.3 Å². The van der Waals surface area contributed by atoms with E-state index in [1.807, 2.05) is 42.5 Å². The highest BCUT2D eigenvalue weighted by Crippen LogP contribution is 2.28. The van der Waals surface area contributed by atoms with Gasteiger partial charge in [0, 0.05) is 5.69 Å². The molecule has 4 aromatic rings. The van der Waals surface area contributed by atoms with Crippen molar-refractivity contribution in [2.24, 2.45) is 0 Å². The average molecular weight is 436 g/mol. The zero-order valence-corrected chi connectivity index (χ0v) is 17.7. The first-order chi connectivity index (χ1) is 14.5. The van der Waals surface area contributed by atoms with Gasteiger partial charge in [0.25, 0.3) is 5.56 Å². The number of para-hydroxylation sites is 3. The predicted octanol–water partition coefficient (Wildman–Crippen LogP) is 5.16. The van der Waals surface area contributed by atoms with Crippen molar-refractivity contribution in [3.63, 3.8) is 0 Å². The van der Waals surface area contributed by atoms with Crippen molar-refractivity contribution in [1.29, 1.82) is 0 Å². The van der Waals surface area contributed by atoms with Gasteiger partial charge in [-0.2, -0.15) is 0 Å². The van der Waals surface area contributed by atoms with Crippen LogP contribution in [0, 0.1) is 0 Å². The van der Waals surface area contributed by atoms with Crippen LogP contribution >= 0.6 is 23.4 Å². The van der Waals surface area contributed by atoms with Gasteiger partial charge in [0.2, 0.25) is 5.91 Å². The lowest BCUT2D eigenvalue weighted by atomic mass is 10.2. The van der Waals surface area contributed by atoms with Crippen LogP contribution in [0.3, 0.4) is 0 Å². The van der Waals surface area contributed by atoms with Gasteiger partial charge in [-0.1, -0.05) is 65.8 Å². The Labute approximate surface area is 182 Å². The van der Waals surface area contributed by atoms with Gasteiger partial charge in [-0.25, -0.2) is 4.98 Å². The predicted molar refractivity (Wildman–Crippen MR) is 123 cm³/mol. The molecule has 1 heterocycles. The molecule has 3 aromatic carbocycles. The van der Waals surface area contributed by atoms with Gasteiger partial charge in [0.1, 0.15) is 0 Å².